The van der Waals surface area contributed by atoms with Crippen molar-refractivity contribution in [3.63, 3.8) is 0 Å². The van der Waals surface area contributed by atoms with Crippen molar-refractivity contribution >= 4 is 11.9 Å². The van der Waals surface area contributed by atoms with E-state index in [2.05, 4.69) is 55.4 Å². The molecule has 0 aromatic rings. The predicted octanol–water partition coefficient (Wildman–Crippen LogP) is 8.12. The first-order valence-electron chi connectivity index (χ1n) is 13.1. The van der Waals surface area contributed by atoms with E-state index in [0.29, 0.717) is 37.9 Å². The van der Waals surface area contributed by atoms with Gasteiger partial charge in [0.25, 0.3) is 0 Å². The molecule has 0 saturated heterocycles. The fraction of sp³-hybridized carbons (Fsp3) is 0.929. The standard InChI is InChI=1S/C28H54O4/c1-23(21-27(3,4)5)19-25(29)31-17-15-13-11-9-10-12-14-16-18-32-26(30)20-24(2)22-28(6,7)8/h23-24H,9-22H2,1-8H3. The van der Waals surface area contributed by atoms with Crippen LogP contribution in [0.4, 0.5) is 0 Å². The normalized spacial score (nSPS) is 14.1. The first-order chi connectivity index (χ1) is 14.8. The van der Waals surface area contributed by atoms with Crippen molar-refractivity contribution in [3.8, 4) is 0 Å². The van der Waals surface area contributed by atoms with Crippen LogP contribution < -0.4 is 0 Å². The zero-order valence-corrected chi connectivity index (χ0v) is 22.7. The Morgan fingerprint density at radius 1 is 0.562 bits per heavy atom. The highest BCUT2D eigenvalue weighted by molar-refractivity contribution is 5.69. The van der Waals surface area contributed by atoms with Gasteiger partial charge in [0.2, 0.25) is 0 Å². The molecule has 0 radical (unpaired) electrons. The van der Waals surface area contributed by atoms with Crippen LogP contribution in [0.5, 0.6) is 0 Å². The highest BCUT2D eigenvalue weighted by Gasteiger charge is 2.19. The van der Waals surface area contributed by atoms with Gasteiger partial charge >= 0.3 is 11.9 Å². The van der Waals surface area contributed by atoms with Crippen LogP contribution in [0.25, 0.3) is 0 Å². The predicted molar refractivity (Wildman–Crippen MR) is 135 cm³/mol. The number of carbonyl (C=O) groups excluding carboxylic acids is 2. The van der Waals surface area contributed by atoms with Crippen LogP contribution in [0.3, 0.4) is 0 Å². The second-order valence-electron chi connectivity index (χ2n) is 12.4. The highest BCUT2D eigenvalue weighted by Crippen LogP contribution is 2.27. The molecular formula is C28H54O4. The first kappa shape index (κ1) is 30.9. The smallest absolute Gasteiger partial charge is 0.306 e. The Morgan fingerprint density at radius 3 is 1.12 bits per heavy atom. The number of hydrogen-bond donors (Lipinski definition) is 0. The van der Waals surface area contributed by atoms with Gasteiger partial charge in [-0.1, -0.05) is 93.9 Å². The zero-order valence-electron chi connectivity index (χ0n) is 22.7. The molecule has 0 saturated carbocycles. The van der Waals surface area contributed by atoms with Crippen molar-refractivity contribution in [2.45, 2.75) is 132 Å². The number of carbonyl (C=O) groups is 2. The molecule has 0 spiro atoms. The van der Waals surface area contributed by atoms with Crippen LogP contribution in [-0.4, -0.2) is 25.2 Å². The highest BCUT2D eigenvalue weighted by atomic mass is 16.5. The molecule has 4 heteroatoms. The maximum absolute atomic E-state index is 11.9. The van der Waals surface area contributed by atoms with E-state index < -0.39 is 0 Å². The second-order valence-corrected chi connectivity index (χ2v) is 12.4. The van der Waals surface area contributed by atoms with Crippen LogP contribution >= 0.6 is 0 Å². The van der Waals surface area contributed by atoms with Gasteiger partial charge in [-0.25, -0.2) is 0 Å². The summed E-state index contributed by atoms with van der Waals surface area (Å²) in [4.78, 5) is 23.8. The van der Waals surface area contributed by atoms with E-state index in [4.69, 9.17) is 9.47 Å². The molecule has 0 aliphatic carbocycles. The number of unbranched alkanes of at least 4 members (excludes halogenated alkanes) is 7. The molecule has 0 N–H and O–H groups in total. The van der Waals surface area contributed by atoms with Gasteiger partial charge in [-0.2, -0.15) is 0 Å². The Labute approximate surface area is 199 Å². The average molecular weight is 455 g/mol. The molecule has 0 aromatic heterocycles. The Hall–Kier alpha value is -1.06. The van der Waals surface area contributed by atoms with Crippen molar-refractivity contribution in [3.05, 3.63) is 0 Å². The Bertz CT molecular complexity index is 453. The minimum absolute atomic E-state index is 0.0499. The fourth-order valence-corrected chi connectivity index (χ4v) is 4.56. The van der Waals surface area contributed by atoms with Gasteiger partial charge in [0, 0.05) is 12.8 Å². The molecule has 0 aliphatic heterocycles. The third kappa shape index (κ3) is 22.1. The number of esters is 2. The van der Waals surface area contributed by atoms with Crippen LogP contribution in [0.15, 0.2) is 0 Å². The molecule has 0 aromatic carbocycles. The van der Waals surface area contributed by atoms with Gasteiger partial charge in [0.1, 0.15) is 0 Å². The van der Waals surface area contributed by atoms with E-state index in [1.165, 1.54) is 25.7 Å². The summed E-state index contributed by atoms with van der Waals surface area (Å²) in [6.07, 6.45) is 12.1. The summed E-state index contributed by atoms with van der Waals surface area (Å²) < 4.78 is 10.8. The van der Waals surface area contributed by atoms with Crippen molar-refractivity contribution in [1.82, 2.24) is 0 Å². The minimum atomic E-state index is -0.0499. The molecule has 0 aliphatic rings. The monoisotopic (exact) mass is 454 g/mol. The van der Waals surface area contributed by atoms with Gasteiger partial charge < -0.3 is 9.47 Å². The van der Waals surface area contributed by atoms with Crippen LogP contribution in [0.1, 0.15) is 132 Å². The lowest BCUT2D eigenvalue weighted by molar-refractivity contribution is -0.146. The summed E-state index contributed by atoms with van der Waals surface area (Å²) in [7, 11) is 0. The minimum Gasteiger partial charge on any atom is -0.466 e. The molecule has 2 atom stereocenters. The lowest BCUT2D eigenvalue weighted by atomic mass is 9.84. The molecule has 2 unspecified atom stereocenters. The van der Waals surface area contributed by atoms with Crippen LogP contribution in [-0.2, 0) is 19.1 Å². The molecule has 190 valence electrons. The average Bonchev–Trinajstić information content (AvgIpc) is 2.59. The molecule has 4 nitrogen and oxygen atoms in total. The van der Waals surface area contributed by atoms with E-state index in [-0.39, 0.29) is 22.8 Å². The molecule has 32 heavy (non-hydrogen) atoms. The molecule has 0 amide bonds. The van der Waals surface area contributed by atoms with Gasteiger partial charge in [0.05, 0.1) is 13.2 Å². The fourth-order valence-electron chi connectivity index (χ4n) is 4.56. The summed E-state index contributed by atoms with van der Waals surface area (Å²) in [5.41, 5.74) is 0.517. The molecular weight excluding hydrogens is 400 g/mol. The van der Waals surface area contributed by atoms with Crippen molar-refractivity contribution in [1.29, 1.82) is 0 Å². The summed E-state index contributed by atoms with van der Waals surface area (Å²) in [5.74, 6) is 0.656. The number of rotatable bonds is 17. The third-order valence-corrected chi connectivity index (χ3v) is 5.52. The lowest BCUT2D eigenvalue weighted by Crippen LogP contribution is -2.16. The SMILES string of the molecule is CC(CC(=O)OCCCCCCCCCCOC(=O)CC(C)CC(C)(C)C)CC(C)(C)C. The zero-order chi connectivity index (χ0) is 24.6. The van der Waals surface area contributed by atoms with E-state index in [1.807, 2.05) is 0 Å². The van der Waals surface area contributed by atoms with E-state index >= 15 is 0 Å². The Morgan fingerprint density at radius 2 is 0.844 bits per heavy atom. The van der Waals surface area contributed by atoms with Gasteiger partial charge in [-0.15, -0.1) is 0 Å². The van der Waals surface area contributed by atoms with Crippen molar-refractivity contribution < 1.29 is 19.1 Å². The summed E-state index contributed by atoms with van der Waals surface area (Å²) in [6.45, 7) is 18.6. The molecule has 0 bridgehead atoms. The quantitative estimate of drug-likeness (QED) is 0.164. The Kier molecular flexibility index (Phi) is 16.0. The second kappa shape index (κ2) is 16.5. The number of hydrogen-bond acceptors (Lipinski definition) is 4. The van der Waals surface area contributed by atoms with E-state index in [1.54, 1.807) is 0 Å². The lowest BCUT2D eigenvalue weighted by Gasteiger charge is -2.22. The molecule has 0 rings (SSSR count). The summed E-state index contributed by atoms with van der Waals surface area (Å²) in [6, 6.07) is 0. The summed E-state index contributed by atoms with van der Waals surface area (Å²) >= 11 is 0. The molecule has 0 heterocycles. The topological polar surface area (TPSA) is 52.6 Å². The van der Waals surface area contributed by atoms with Gasteiger partial charge in [-0.3, -0.25) is 9.59 Å². The van der Waals surface area contributed by atoms with E-state index in [9.17, 15) is 9.59 Å². The van der Waals surface area contributed by atoms with Crippen LogP contribution in [0.2, 0.25) is 0 Å². The van der Waals surface area contributed by atoms with Gasteiger partial charge in [0.15, 0.2) is 0 Å². The first-order valence-corrected chi connectivity index (χ1v) is 13.1. The van der Waals surface area contributed by atoms with Crippen molar-refractivity contribution in [2.75, 3.05) is 13.2 Å². The van der Waals surface area contributed by atoms with Crippen LogP contribution in [0, 0.1) is 22.7 Å². The van der Waals surface area contributed by atoms with E-state index in [0.717, 1.165) is 38.5 Å². The largest absolute Gasteiger partial charge is 0.466 e. The van der Waals surface area contributed by atoms with Crippen molar-refractivity contribution in [2.24, 2.45) is 22.7 Å². The summed E-state index contributed by atoms with van der Waals surface area (Å²) in [5, 5.41) is 0. The number of ether oxygens (including phenoxy) is 2. The maximum Gasteiger partial charge on any atom is 0.306 e. The third-order valence-electron chi connectivity index (χ3n) is 5.52. The maximum atomic E-state index is 11.9. The van der Waals surface area contributed by atoms with Gasteiger partial charge in [-0.05, 0) is 48.3 Å². The Balaban J connectivity index is 3.48. The molecule has 0 fully saturated rings.